The van der Waals surface area contributed by atoms with E-state index in [-0.39, 0.29) is 0 Å². The van der Waals surface area contributed by atoms with Crippen LogP contribution >= 0.6 is 0 Å². The smallest absolute Gasteiger partial charge is 0.161 e. The van der Waals surface area contributed by atoms with Gasteiger partial charge in [-0.15, -0.1) is 0 Å². The Balaban J connectivity index is 1.08. The number of rotatable bonds is 6. The molecule has 0 spiro atoms. The third-order valence-electron chi connectivity index (χ3n) is 11.5. The fraction of sp³-hybridized carbons (Fsp3) is 0. The lowest BCUT2D eigenvalue weighted by Crippen LogP contribution is -1.97. The van der Waals surface area contributed by atoms with Gasteiger partial charge in [-0.2, -0.15) is 0 Å². The van der Waals surface area contributed by atoms with Gasteiger partial charge in [-0.1, -0.05) is 206 Å². The molecule has 0 unspecified atom stereocenters. The van der Waals surface area contributed by atoms with Gasteiger partial charge in [-0.05, 0) is 88.6 Å². The highest BCUT2D eigenvalue weighted by Gasteiger charge is 2.18. The summed E-state index contributed by atoms with van der Waals surface area (Å²) in [6.07, 6.45) is 0. The van der Waals surface area contributed by atoms with Gasteiger partial charge < -0.3 is 0 Å². The number of aromatic nitrogens is 2. The molecule has 58 heavy (non-hydrogen) atoms. The van der Waals surface area contributed by atoms with Gasteiger partial charge in [0.2, 0.25) is 0 Å². The molecule has 0 aliphatic carbocycles. The molecule has 11 aromatic rings. The van der Waals surface area contributed by atoms with E-state index in [1.807, 2.05) is 0 Å². The largest absolute Gasteiger partial charge is 0.228 e. The second-order valence-electron chi connectivity index (χ2n) is 14.9. The summed E-state index contributed by atoms with van der Waals surface area (Å²) in [6.45, 7) is 0. The minimum absolute atomic E-state index is 0.714. The number of benzene rings is 10. The molecule has 270 valence electrons. The van der Waals surface area contributed by atoms with Crippen LogP contribution in [0.1, 0.15) is 0 Å². The van der Waals surface area contributed by atoms with Crippen LogP contribution in [0.25, 0.3) is 110 Å². The Bertz CT molecular complexity index is 3210. The first-order chi connectivity index (χ1) is 28.8. The standard InChI is InChI=1S/C56H36N2/c1-3-17-41(18-4-1)54-47-25-11-12-26-48(47)55(42-19-5-2-6-20-42)51-35-43(33-34-49(51)54)37-29-31-40(32-30-37)52-36-53(46-27-13-21-38-15-7-9-23-44(38)46)58-56(57-52)50-28-14-22-39-16-8-10-24-45(39)50/h1-36H. The van der Waals surface area contributed by atoms with Gasteiger partial charge in [0.1, 0.15) is 0 Å². The van der Waals surface area contributed by atoms with Crippen LogP contribution in [-0.2, 0) is 0 Å². The Labute approximate surface area is 337 Å². The van der Waals surface area contributed by atoms with Crippen molar-refractivity contribution in [1.29, 1.82) is 0 Å². The van der Waals surface area contributed by atoms with Crippen LogP contribution in [0.2, 0.25) is 0 Å². The van der Waals surface area contributed by atoms with Gasteiger partial charge in [0, 0.05) is 16.7 Å². The Morgan fingerprint density at radius 2 is 0.690 bits per heavy atom. The lowest BCUT2D eigenvalue weighted by molar-refractivity contribution is 1.19. The molecule has 1 aromatic heterocycles. The summed E-state index contributed by atoms with van der Waals surface area (Å²) in [4.78, 5) is 10.5. The van der Waals surface area contributed by atoms with Crippen LogP contribution in [0.5, 0.6) is 0 Å². The summed E-state index contributed by atoms with van der Waals surface area (Å²) in [5, 5.41) is 9.64. The third-order valence-corrected chi connectivity index (χ3v) is 11.5. The maximum Gasteiger partial charge on any atom is 0.161 e. The van der Waals surface area contributed by atoms with Gasteiger partial charge in [-0.3, -0.25) is 0 Å². The Morgan fingerprint density at radius 3 is 1.33 bits per heavy atom. The highest BCUT2D eigenvalue weighted by molar-refractivity contribution is 6.22. The molecule has 0 radical (unpaired) electrons. The predicted octanol–water partition coefficient (Wildman–Crippen LogP) is 15.1. The monoisotopic (exact) mass is 736 g/mol. The molecule has 2 heteroatoms. The zero-order chi connectivity index (χ0) is 38.4. The summed E-state index contributed by atoms with van der Waals surface area (Å²) in [7, 11) is 0. The molecule has 0 atom stereocenters. The average molecular weight is 737 g/mol. The first-order valence-corrected chi connectivity index (χ1v) is 19.8. The van der Waals surface area contributed by atoms with E-state index in [9.17, 15) is 0 Å². The molecule has 0 aliphatic heterocycles. The van der Waals surface area contributed by atoms with Crippen LogP contribution in [-0.4, -0.2) is 9.97 Å². The predicted molar refractivity (Wildman–Crippen MR) is 245 cm³/mol. The van der Waals surface area contributed by atoms with E-state index >= 15 is 0 Å². The van der Waals surface area contributed by atoms with Crippen LogP contribution in [0.15, 0.2) is 218 Å². The molecule has 2 nitrogen and oxygen atoms in total. The fourth-order valence-electron chi connectivity index (χ4n) is 8.75. The van der Waals surface area contributed by atoms with Crippen molar-refractivity contribution in [3.63, 3.8) is 0 Å². The van der Waals surface area contributed by atoms with Crippen molar-refractivity contribution in [3.8, 4) is 67.3 Å². The quantitative estimate of drug-likeness (QED) is 0.159. The zero-order valence-corrected chi connectivity index (χ0v) is 31.7. The normalized spacial score (nSPS) is 11.4. The van der Waals surface area contributed by atoms with Gasteiger partial charge in [0.15, 0.2) is 5.82 Å². The lowest BCUT2D eigenvalue weighted by atomic mass is 9.85. The molecule has 1 heterocycles. The number of nitrogens with zero attached hydrogens (tertiary/aromatic N) is 2. The molecule has 0 aliphatic rings. The van der Waals surface area contributed by atoms with E-state index in [0.29, 0.717) is 5.82 Å². The van der Waals surface area contributed by atoms with Crippen molar-refractivity contribution in [2.75, 3.05) is 0 Å². The molecular weight excluding hydrogens is 701 g/mol. The van der Waals surface area contributed by atoms with Crippen molar-refractivity contribution < 1.29 is 0 Å². The van der Waals surface area contributed by atoms with E-state index in [0.717, 1.165) is 39.0 Å². The minimum atomic E-state index is 0.714. The number of hydrogen-bond donors (Lipinski definition) is 0. The van der Waals surface area contributed by atoms with Crippen molar-refractivity contribution >= 4 is 43.1 Å². The first-order valence-electron chi connectivity index (χ1n) is 19.8. The zero-order valence-electron chi connectivity index (χ0n) is 31.7. The summed E-state index contributed by atoms with van der Waals surface area (Å²) < 4.78 is 0. The number of fused-ring (bicyclic) bond motifs is 4. The first kappa shape index (κ1) is 33.6. The molecule has 0 saturated carbocycles. The summed E-state index contributed by atoms with van der Waals surface area (Å²) in [5.74, 6) is 0.714. The molecule has 0 saturated heterocycles. The van der Waals surface area contributed by atoms with Crippen molar-refractivity contribution in [1.82, 2.24) is 9.97 Å². The van der Waals surface area contributed by atoms with Crippen LogP contribution in [0, 0.1) is 0 Å². The average Bonchev–Trinajstić information content (AvgIpc) is 3.30. The molecule has 10 aromatic carbocycles. The fourth-order valence-corrected chi connectivity index (χ4v) is 8.75. The number of hydrogen-bond acceptors (Lipinski definition) is 2. The van der Waals surface area contributed by atoms with E-state index in [4.69, 9.17) is 9.97 Å². The van der Waals surface area contributed by atoms with Crippen LogP contribution in [0.4, 0.5) is 0 Å². The second kappa shape index (κ2) is 14.1. The molecule has 11 rings (SSSR count). The van der Waals surface area contributed by atoms with E-state index in [1.54, 1.807) is 0 Å². The van der Waals surface area contributed by atoms with Crippen molar-refractivity contribution in [2.24, 2.45) is 0 Å². The van der Waals surface area contributed by atoms with Crippen LogP contribution in [0.3, 0.4) is 0 Å². The van der Waals surface area contributed by atoms with E-state index < -0.39 is 0 Å². The summed E-state index contributed by atoms with van der Waals surface area (Å²) in [6, 6.07) is 78.2. The topological polar surface area (TPSA) is 25.8 Å². The highest BCUT2D eigenvalue weighted by atomic mass is 14.9. The van der Waals surface area contributed by atoms with Crippen molar-refractivity contribution in [2.45, 2.75) is 0 Å². The second-order valence-corrected chi connectivity index (χ2v) is 14.9. The summed E-state index contributed by atoms with van der Waals surface area (Å²) in [5.41, 5.74) is 12.2. The Morgan fingerprint density at radius 1 is 0.241 bits per heavy atom. The summed E-state index contributed by atoms with van der Waals surface area (Å²) >= 11 is 0. The molecular formula is C56H36N2. The van der Waals surface area contributed by atoms with Crippen LogP contribution < -0.4 is 0 Å². The molecule has 0 fully saturated rings. The minimum Gasteiger partial charge on any atom is -0.228 e. The van der Waals surface area contributed by atoms with Gasteiger partial charge in [0.25, 0.3) is 0 Å². The van der Waals surface area contributed by atoms with Crippen molar-refractivity contribution in [3.05, 3.63) is 218 Å². The van der Waals surface area contributed by atoms with E-state index in [1.165, 1.54) is 65.5 Å². The Kier molecular flexibility index (Phi) is 8.19. The maximum atomic E-state index is 5.27. The van der Waals surface area contributed by atoms with Gasteiger partial charge in [-0.25, -0.2) is 9.97 Å². The van der Waals surface area contributed by atoms with Gasteiger partial charge in [0.05, 0.1) is 11.4 Å². The highest BCUT2D eigenvalue weighted by Crippen LogP contribution is 2.45. The molecule has 0 N–H and O–H groups in total. The third kappa shape index (κ3) is 5.82. The Hall–Kier alpha value is -7.68. The lowest BCUT2D eigenvalue weighted by Gasteiger charge is -2.18. The maximum absolute atomic E-state index is 5.27. The van der Waals surface area contributed by atoms with E-state index in [2.05, 4.69) is 218 Å². The SMILES string of the molecule is c1ccc(-c2c3ccccc3c(-c3ccccc3)c3cc(-c4ccc(-c5cc(-c6cccc7ccccc67)nc(-c6cccc7ccccc67)n5)cc4)ccc23)cc1. The molecule has 0 bridgehead atoms. The van der Waals surface area contributed by atoms with Gasteiger partial charge >= 0.3 is 0 Å². The molecule has 0 amide bonds.